The van der Waals surface area contributed by atoms with E-state index in [0.29, 0.717) is 22.4 Å². The molecule has 3 aromatic rings. The number of fused-ring (bicyclic) bond motifs is 1. The number of nitrogens with one attached hydrogen (secondary N) is 1. The van der Waals surface area contributed by atoms with Crippen LogP contribution in [0.15, 0.2) is 54.6 Å². The fourth-order valence-corrected chi connectivity index (χ4v) is 4.34. The molecular weight excluding hydrogens is 480 g/mol. The Kier molecular flexibility index (Phi) is 5.99. The first kappa shape index (κ1) is 22.9. The molecule has 0 atom stereocenters. The van der Waals surface area contributed by atoms with Gasteiger partial charge in [0.25, 0.3) is 0 Å². The summed E-state index contributed by atoms with van der Waals surface area (Å²) >= 11 is 12.6. The highest BCUT2D eigenvalue weighted by molar-refractivity contribution is 6.40. The third kappa shape index (κ3) is 4.49. The van der Waals surface area contributed by atoms with Crippen molar-refractivity contribution in [3.05, 3.63) is 81.3 Å². The summed E-state index contributed by atoms with van der Waals surface area (Å²) in [6.45, 7) is 0.0195. The number of carboxylic acids is 1. The lowest BCUT2D eigenvalue weighted by molar-refractivity contribution is -0.138. The maximum Gasteiger partial charge on any atom is 0.416 e. The quantitative estimate of drug-likeness (QED) is 0.425. The first-order valence-corrected chi connectivity index (χ1v) is 10.4. The molecule has 0 aliphatic carbocycles. The van der Waals surface area contributed by atoms with Gasteiger partial charge < -0.3 is 10.4 Å². The summed E-state index contributed by atoms with van der Waals surface area (Å²) in [4.78, 5) is 25.5. The van der Waals surface area contributed by atoms with Crippen LogP contribution >= 0.6 is 23.2 Å². The van der Waals surface area contributed by atoms with E-state index in [-0.39, 0.29) is 27.8 Å². The standard InChI is InChI=1S/C23H15Cl2F3N2O3/c24-17-5-2-6-18(25)21(17)30-19-8-12(9-20(31)32)7-15(16(19)11-29-22(30)33)13-3-1-4-14(10-13)23(26,27)28/h1-8,10H,9,11H2,(H,29,33)(H,31,32). The first-order valence-electron chi connectivity index (χ1n) is 9.63. The van der Waals surface area contributed by atoms with E-state index in [0.717, 1.165) is 12.1 Å². The Bertz CT molecular complexity index is 1260. The Morgan fingerprint density at radius 3 is 2.36 bits per heavy atom. The smallest absolute Gasteiger partial charge is 0.416 e. The van der Waals surface area contributed by atoms with Gasteiger partial charge in [0.2, 0.25) is 0 Å². The highest BCUT2D eigenvalue weighted by atomic mass is 35.5. The van der Waals surface area contributed by atoms with Crippen LogP contribution in [0.1, 0.15) is 16.7 Å². The first-order chi connectivity index (χ1) is 15.6. The van der Waals surface area contributed by atoms with Crippen molar-refractivity contribution < 1.29 is 27.9 Å². The van der Waals surface area contributed by atoms with Crippen molar-refractivity contribution in [2.75, 3.05) is 4.90 Å². The number of carboxylic acid groups (broad SMARTS) is 1. The van der Waals surface area contributed by atoms with E-state index in [1.807, 2.05) is 0 Å². The third-order valence-electron chi connectivity index (χ3n) is 5.16. The minimum Gasteiger partial charge on any atom is -0.481 e. The van der Waals surface area contributed by atoms with Crippen LogP contribution in [0.4, 0.5) is 29.3 Å². The van der Waals surface area contributed by atoms with Crippen LogP contribution in [0.2, 0.25) is 10.0 Å². The van der Waals surface area contributed by atoms with Gasteiger partial charge >= 0.3 is 18.2 Å². The van der Waals surface area contributed by atoms with Crippen LogP contribution in [-0.4, -0.2) is 17.1 Å². The number of anilines is 2. The second kappa shape index (κ2) is 8.61. The molecule has 1 heterocycles. The van der Waals surface area contributed by atoms with Crippen LogP contribution in [0, 0.1) is 0 Å². The number of halogens is 5. The Labute approximate surface area is 196 Å². The zero-order chi connectivity index (χ0) is 23.9. The highest BCUT2D eigenvalue weighted by Crippen LogP contribution is 2.44. The number of carbonyl (C=O) groups is 2. The van der Waals surface area contributed by atoms with E-state index in [1.54, 1.807) is 18.2 Å². The van der Waals surface area contributed by atoms with Crippen LogP contribution in [0.3, 0.4) is 0 Å². The van der Waals surface area contributed by atoms with Gasteiger partial charge in [-0.3, -0.25) is 9.69 Å². The molecule has 0 bridgehead atoms. The SMILES string of the molecule is O=C(O)Cc1cc(-c2cccc(C(F)(F)F)c2)c2c(c1)N(c1c(Cl)cccc1Cl)C(=O)NC2. The zero-order valence-electron chi connectivity index (χ0n) is 16.7. The van der Waals surface area contributed by atoms with Crippen LogP contribution in [0.25, 0.3) is 11.1 Å². The minimum absolute atomic E-state index is 0.0195. The average Bonchev–Trinajstić information content (AvgIpc) is 2.73. The number of para-hydroxylation sites is 1. The van der Waals surface area contributed by atoms with Crippen LogP contribution < -0.4 is 10.2 Å². The molecule has 4 rings (SSSR count). The molecule has 3 aromatic carbocycles. The number of benzene rings is 3. The molecule has 10 heteroatoms. The minimum atomic E-state index is -4.56. The Morgan fingerprint density at radius 1 is 1.06 bits per heavy atom. The molecule has 2 amide bonds. The summed E-state index contributed by atoms with van der Waals surface area (Å²) in [7, 11) is 0. The number of carbonyl (C=O) groups excluding carboxylic acids is 1. The maximum absolute atomic E-state index is 13.3. The van der Waals surface area contributed by atoms with Gasteiger partial charge in [0, 0.05) is 12.1 Å². The normalized spacial score (nSPS) is 13.5. The molecule has 0 saturated carbocycles. The molecule has 0 saturated heterocycles. The predicted octanol–water partition coefficient (Wildman–Crippen LogP) is 6.67. The van der Waals surface area contributed by atoms with Crippen molar-refractivity contribution in [2.45, 2.75) is 19.1 Å². The van der Waals surface area contributed by atoms with Crippen LogP contribution in [-0.2, 0) is 23.9 Å². The summed E-state index contributed by atoms with van der Waals surface area (Å²) in [5.74, 6) is -1.13. The van der Waals surface area contributed by atoms with Gasteiger partial charge in [-0.05, 0) is 47.0 Å². The lowest BCUT2D eigenvalue weighted by atomic mass is 9.92. The van der Waals surface area contributed by atoms with Crippen molar-refractivity contribution in [3.8, 4) is 11.1 Å². The Hall–Kier alpha value is -3.23. The monoisotopic (exact) mass is 494 g/mol. The number of alkyl halides is 3. The number of hydrogen-bond donors (Lipinski definition) is 2. The second-order valence-electron chi connectivity index (χ2n) is 7.35. The summed E-state index contributed by atoms with van der Waals surface area (Å²) in [5, 5.41) is 12.4. The fraction of sp³-hybridized carbons (Fsp3) is 0.130. The van der Waals surface area contributed by atoms with E-state index in [4.69, 9.17) is 23.2 Å². The largest absolute Gasteiger partial charge is 0.481 e. The zero-order valence-corrected chi connectivity index (χ0v) is 18.2. The molecule has 5 nitrogen and oxygen atoms in total. The van der Waals surface area contributed by atoms with Gasteiger partial charge in [0.05, 0.1) is 33.4 Å². The van der Waals surface area contributed by atoms with E-state index in [2.05, 4.69) is 5.32 Å². The summed E-state index contributed by atoms with van der Waals surface area (Å²) in [6, 6.07) is 11.9. The lowest BCUT2D eigenvalue weighted by Crippen LogP contribution is -2.41. The summed E-state index contributed by atoms with van der Waals surface area (Å²) < 4.78 is 40.0. The molecular formula is C23H15Cl2F3N2O3. The average molecular weight is 495 g/mol. The fourth-order valence-electron chi connectivity index (χ4n) is 3.77. The Balaban J connectivity index is 1.99. The Morgan fingerprint density at radius 2 is 1.73 bits per heavy atom. The van der Waals surface area contributed by atoms with Gasteiger partial charge in [0.15, 0.2) is 0 Å². The lowest BCUT2D eigenvalue weighted by Gasteiger charge is -2.33. The topological polar surface area (TPSA) is 69.6 Å². The maximum atomic E-state index is 13.3. The number of rotatable bonds is 4. The molecule has 2 N–H and O–H groups in total. The number of urea groups is 1. The molecule has 0 unspecified atom stereocenters. The van der Waals surface area contributed by atoms with E-state index < -0.39 is 30.2 Å². The molecule has 0 radical (unpaired) electrons. The second-order valence-corrected chi connectivity index (χ2v) is 8.17. The number of nitrogens with zero attached hydrogens (tertiary/aromatic N) is 1. The van der Waals surface area contributed by atoms with Crippen molar-refractivity contribution in [1.82, 2.24) is 5.32 Å². The highest BCUT2D eigenvalue weighted by Gasteiger charge is 2.33. The molecule has 170 valence electrons. The third-order valence-corrected chi connectivity index (χ3v) is 5.77. The molecule has 1 aliphatic rings. The predicted molar refractivity (Wildman–Crippen MR) is 119 cm³/mol. The number of amides is 2. The van der Waals surface area contributed by atoms with Crippen molar-refractivity contribution >= 4 is 46.6 Å². The van der Waals surface area contributed by atoms with E-state index in [9.17, 15) is 27.9 Å². The van der Waals surface area contributed by atoms with Gasteiger partial charge in [-0.2, -0.15) is 13.2 Å². The van der Waals surface area contributed by atoms with E-state index >= 15 is 0 Å². The van der Waals surface area contributed by atoms with Crippen molar-refractivity contribution in [1.29, 1.82) is 0 Å². The molecule has 0 fully saturated rings. The van der Waals surface area contributed by atoms with Gasteiger partial charge in [0.1, 0.15) is 0 Å². The molecule has 0 aromatic heterocycles. The number of aliphatic carboxylic acids is 1. The van der Waals surface area contributed by atoms with Crippen molar-refractivity contribution in [2.24, 2.45) is 0 Å². The summed E-state index contributed by atoms with van der Waals surface area (Å²) in [5.41, 5.74) is 1.03. The molecule has 33 heavy (non-hydrogen) atoms. The van der Waals surface area contributed by atoms with Crippen molar-refractivity contribution in [3.63, 3.8) is 0 Å². The van der Waals surface area contributed by atoms with Gasteiger partial charge in [-0.25, -0.2) is 4.79 Å². The van der Waals surface area contributed by atoms with Gasteiger partial charge in [-0.1, -0.05) is 47.5 Å². The molecule has 1 aliphatic heterocycles. The van der Waals surface area contributed by atoms with Gasteiger partial charge in [-0.15, -0.1) is 0 Å². The van der Waals surface area contributed by atoms with Crippen LogP contribution in [0.5, 0.6) is 0 Å². The molecule has 0 spiro atoms. The summed E-state index contributed by atoms with van der Waals surface area (Å²) in [6.07, 6.45) is -4.95. The number of hydrogen-bond acceptors (Lipinski definition) is 2. The van der Waals surface area contributed by atoms with E-state index in [1.165, 1.54) is 29.2 Å².